The van der Waals surface area contributed by atoms with Gasteiger partial charge < -0.3 is 23.5 Å². The van der Waals surface area contributed by atoms with Crippen molar-refractivity contribution in [3.8, 4) is 17.2 Å². The highest BCUT2D eigenvalue weighted by molar-refractivity contribution is 5.83. The number of amides is 1. The lowest BCUT2D eigenvalue weighted by Gasteiger charge is -2.26. The van der Waals surface area contributed by atoms with E-state index in [-0.39, 0.29) is 18.4 Å². The Hall–Kier alpha value is -3.48. The largest absolute Gasteiger partial charge is 0.497 e. The number of ether oxygens (including phenoxy) is 3. The maximum Gasteiger partial charge on any atom is 0.339 e. The quantitative estimate of drug-likeness (QED) is 0.495. The molecule has 2 heterocycles. The van der Waals surface area contributed by atoms with E-state index in [0.29, 0.717) is 41.4 Å². The van der Waals surface area contributed by atoms with E-state index in [1.165, 1.54) is 0 Å². The summed E-state index contributed by atoms with van der Waals surface area (Å²) < 4.78 is 21.6. The average Bonchev–Trinajstić information content (AvgIpc) is 3.32. The SMILES string of the molecule is COc1ccc(C2CCCN2C(=O)CCc2c(C)c3ccc(OC)cc3oc2=O)c(OC)c1. The number of methoxy groups -OCH3 is 3. The van der Waals surface area contributed by atoms with Gasteiger partial charge >= 0.3 is 5.63 Å². The number of hydrogen-bond donors (Lipinski definition) is 0. The first-order chi connectivity index (χ1) is 16.0. The number of hydrogen-bond acceptors (Lipinski definition) is 6. The second-order valence-corrected chi connectivity index (χ2v) is 8.21. The van der Waals surface area contributed by atoms with Crippen LogP contribution in [-0.2, 0) is 11.2 Å². The molecule has 1 fully saturated rings. The molecule has 1 saturated heterocycles. The standard InChI is InChI=1S/C26H29NO6/c1-16-19-9-7-18(31-3)15-24(19)33-26(29)20(16)11-12-25(28)27-13-5-6-22(27)21-10-8-17(30-2)14-23(21)32-4/h7-10,14-15,22H,5-6,11-13H2,1-4H3. The van der Waals surface area contributed by atoms with Crippen LogP contribution in [0.4, 0.5) is 0 Å². The second kappa shape index (κ2) is 9.57. The molecule has 0 radical (unpaired) electrons. The summed E-state index contributed by atoms with van der Waals surface area (Å²) in [5.41, 5.74) is 2.43. The van der Waals surface area contributed by atoms with Crippen molar-refractivity contribution in [2.75, 3.05) is 27.9 Å². The van der Waals surface area contributed by atoms with Gasteiger partial charge in [0.2, 0.25) is 5.91 Å². The number of likely N-dealkylation sites (tertiary alicyclic amines) is 1. The zero-order chi connectivity index (χ0) is 23.5. The molecule has 0 saturated carbocycles. The summed E-state index contributed by atoms with van der Waals surface area (Å²) in [7, 11) is 4.80. The fourth-order valence-corrected chi connectivity index (χ4v) is 4.65. The smallest absolute Gasteiger partial charge is 0.339 e. The highest BCUT2D eigenvalue weighted by Crippen LogP contribution is 2.39. The molecule has 1 unspecified atom stereocenters. The molecule has 0 bridgehead atoms. The number of fused-ring (bicyclic) bond motifs is 1. The molecular formula is C26H29NO6. The van der Waals surface area contributed by atoms with E-state index in [2.05, 4.69) is 0 Å². The fourth-order valence-electron chi connectivity index (χ4n) is 4.65. The van der Waals surface area contributed by atoms with E-state index in [4.69, 9.17) is 18.6 Å². The van der Waals surface area contributed by atoms with Crippen molar-refractivity contribution in [2.24, 2.45) is 0 Å². The molecule has 7 heteroatoms. The van der Waals surface area contributed by atoms with Crippen LogP contribution in [0.1, 0.15) is 42.0 Å². The van der Waals surface area contributed by atoms with Crippen LogP contribution in [0.3, 0.4) is 0 Å². The van der Waals surface area contributed by atoms with Gasteiger partial charge in [-0.1, -0.05) is 0 Å². The first kappa shape index (κ1) is 22.7. The minimum absolute atomic E-state index is 0.0176. The third-order valence-corrected chi connectivity index (χ3v) is 6.46. The molecule has 4 rings (SSSR count). The summed E-state index contributed by atoms with van der Waals surface area (Å²) in [4.78, 5) is 27.8. The fraction of sp³-hybridized carbons (Fsp3) is 0.385. The molecule has 1 atom stereocenters. The Morgan fingerprint density at radius 1 is 1.06 bits per heavy atom. The summed E-state index contributed by atoms with van der Waals surface area (Å²) in [5, 5.41) is 0.847. The summed E-state index contributed by atoms with van der Waals surface area (Å²) in [6.07, 6.45) is 2.36. The van der Waals surface area contributed by atoms with Gasteiger partial charge in [0.15, 0.2) is 0 Å². The van der Waals surface area contributed by atoms with Crippen molar-refractivity contribution in [3.05, 3.63) is 63.5 Å². The molecule has 1 aliphatic heterocycles. The Morgan fingerprint density at radius 2 is 1.79 bits per heavy atom. The van der Waals surface area contributed by atoms with Crippen LogP contribution < -0.4 is 19.8 Å². The number of carbonyl (C=O) groups is 1. The first-order valence-electron chi connectivity index (χ1n) is 11.1. The third kappa shape index (κ3) is 4.40. The van der Waals surface area contributed by atoms with Gasteiger partial charge in [0, 0.05) is 41.6 Å². The zero-order valence-electron chi connectivity index (χ0n) is 19.5. The van der Waals surface area contributed by atoms with E-state index < -0.39 is 5.63 Å². The summed E-state index contributed by atoms with van der Waals surface area (Å²) >= 11 is 0. The predicted octanol–water partition coefficient (Wildman–Crippen LogP) is 4.42. The molecule has 0 aliphatic carbocycles. The van der Waals surface area contributed by atoms with E-state index in [1.54, 1.807) is 27.4 Å². The molecule has 2 aromatic carbocycles. The van der Waals surface area contributed by atoms with E-state index in [0.717, 1.165) is 29.4 Å². The molecule has 7 nitrogen and oxygen atoms in total. The Balaban J connectivity index is 1.54. The number of aryl methyl sites for hydroxylation is 1. The van der Waals surface area contributed by atoms with Crippen LogP contribution in [0.5, 0.6) is 17.2 Å². The van der Waals surface area contributed by atoms with Crippen molar-refractivity contribution < 1.29 is 23.4 Å². The Kier molecular flexibility index (Phi) is 6.58. The topological polar surface area (TPSA) is 78.2 Å². The lowest BCUT2D eigenvalue weighted by molar-refractivity contribution is -0.132. The van der Waals surface area contributed by atoms with Gasteiger partial charge in [-0.2, -0.15) is 0 Å². The number of rotatable bonds is 7. The van der Waals surface area contributed by atoms with Crippen molar-refractivity contribution >= 4 is 16.9 Å². The highest BCUT2D eigenvalue weighted by atomic mass is 16.5. The Labute approximate surface area is 192 Å². The summed E-state index contributed by atoms with van der Waals surface area (Å²) in [6, 6.07) is 11.1. The van der Waals surface area contributed by atoms with Crippen LogP contribution in [0.25, 0.3) is 11.0 Å². The number of carbonyl (C=O) groups excluding carboxylic acids is 1. The maximum atomic E-state index is 13.2. The van der Waals surface area contributed by atoms with Crippen LogP contribution in [0, 0.1) is 6.92 Å². The Morgan fingerprint density at radius 3 is 2.52 bits per heavy atom. The lowest BCUT2D eigenvalue weighted by Crippen LogP contribution is -2.31. The predicted molar refractivity (Wildman–Crippen MR) is 125 cm³/mol. The minimum atomic E-state index is -0.407. The zero-order valence-corrected chi connectivity index (χ0v) is 19.5. The van der Waals surface area contributed by atoms with Gasteiger partial charge in [0.05, 0.1) is 27.4 Å². The Bertz CT molecular complexity index is 1230. The van der Waals surface area contributed by atoms with Crippen LogP contribution in [0.15, 0.2) is 45.6 Å². The molecule has 1 aliphatic rings. The number of nitrogens with zero attached hydrogens (tertiary/aromatic N) is 1. The highest BCUT2D eigenvalue weighted by Gasteiger charge is 2.32. The minimum Gasteiger partial charge on any atom is -0.497 e. The van der Waals surface area contributed by atoms with Gasteiger partial charge in [-0.3, -0.25) is 4.79 Å². The molecule has 1 amide bonds. The van der Waals surface area contributed by atoms with Crippen LogP contribution in [-0.4, -0.2) is 38.7 Å². The molecule has 174 valence electrons. The lowest BCUT2D eigenvalue weighted by atomic mass is 10.0. The van der Waals surface area contributed by atoms with E-state index in [9.17, 15) is 9.59 Å². The molecule has 33 heavy (non-hydrogen) atoms. The van der Waals surface area contributed by atoms with Crippen molar-refractivity contribution in [2.45, 2.75) is 38.6 Å². The monoisotopic (exact) mass is 451 g/mol. The maximum absolute atomic E-state index is 13.2. The summed E-state index contributed by atoms with van der Waals surface area (Å²) in [6.45, 7) is 2.58. The van der Waals surface area contributed by atoms with Crippen LogP contribution >= 0.6 is 0 Å². The normalized spacial score (nSPS) is 15.6. The van der Waals surface area contributed by atoms with E-state index in [1.807, 2.05) is 42.2 Å². The van der Waals surface area contributed by atoms with Gasteiger partial charge in [0.1, 0.15) is 22.8 Å². The van der Waals surface area contributed by atoms with Crippen molar-refractivity contribution in [1.82, 2.24) is 4.90 Å². The molecule has 3 aromatic rings. The van der Waals surface area contributed by atoms with Crippen molar-refractivity contribution in [3.63, 3.8) is 0 Å². The number of benzene rings is 2. The average molecular weight is 452 g/mol. The van der Waals surface area contributed by atoms with E-state index >= 15 is 0 Å². The van der Waals surface area contributed by atoms with Gasteiger partial charge in [-0.25, -0.2) is 4.79 Å². The molecule has 0 N–H and O–H groups in total. The van der Waals surface area contributed by atoms with Gasteiger partial charge in [-0.05, 0) is 56.0 Å². The van der Waals surface area contributed by atoms with Gasteiger partial charge in [0.25, 0.3) is 0 Å². The molecule has 0 spiro atoms. The third-order valence-electron chi connectivity index (χ3n) is 6.46. The van der Waals surface area contributed by atoms with Gasteiger partial charge in [-0.15, -0.1) is 0 Å². The second-order valence-electron chi connectivity index (χ2n) is 8.21. The molecule has 1 aromatic heterocycles. The molecular weight excluding hydrogens is 422 g/mol. The summed E-state index contributed by atoms with van der Waals surface area (Å²) in [5.74, 6) is 2.06. The van der Waals surface area contributed by atoms with Crippen LogP contribution in [0.2, 0.25) is 0 Å². The first-order valence-corrected chi connectivity index (χ1v) is 11.1. The van der Waals surface area contributed by atoms with Crippen molar-refractivity contribution in [1.29, 1.82) is 0 Å².